The van der Waals surface area contributed by atoms with Gasteiger partial charge in [0.05, 0.1) is 5.48 Å². The number of halogens is 1. The van der Waals surface area contributed by atoms with E-state index in [0.29, 0.717) is 0 Å². The van der Waals surface area contributed by atoms with Gasteiger partial charge in [-0.05, 0) is 36.5 Å². The predicted molar refractivity (Wildman–Crippen MR) is 70.9 cm³/mol. The highest BCUT2D eigenvalue weighted by atomic mass is 35.5. The summed E-state index contributed by atoms with van der Waals surface area (Å²) in [7, 11) is -1.77. The Labute approximate surface area is 116 Å². The first-order valence-electron chi connectivity index (χ1n) is 8.25. The number of aryl methyl sites for hydroxylation is 1. The highest BCUT2D eigenvalue weighted by Gasteiger charge is 2.18. The maximum absolute atomic E-state index is 10.1. The zero-order valence-electron chi connectivity index (χ0n) is 15.6. The number of rotatable bonds is 3. The van der Waals surface area contributed by atoms with E-state index in [-0.39, 0.29) is 21.8 Å². The van der Waals surface area contributed by atoms with Crippen LogP contribution in [0.15, 0.2) is 48.4 Å². The van der Waals surface area contributed by atoms with Gasteiger partial charge < -0.3 is 9.68 Å². The summed E-state index contributed by atoms with van der Waals surface area (Å²) >= 11 is 5.69. The molecule has 0 fully saturated rings. The molecule has 0 saturated heterocycles. The second kappa shape index (κ2) is 5.26. The highest BCUT2D eigenvalue weighted by molar-refractivity contribution is 6.60. The molecule has 0 aromatic heterocycles. The van der Waals surface area contributed by atoms with Gasteiger partial charge in [0.25, 0.3) is 0 Å². The fraction of sp³-hybridized carbons (Fsp3) is 0.0769. The van der Waals surface area contributed by atoms with Gasteiger partial charge in [0, 0.05) is 9.13 Å². The lowest BCUT2D eigenvalue weighted by Gasteiger charge is -2.10. The molecule has 17 heavy (non-hydrogen) atoms. The van der Waals surface area contributed by atoms with E-state index in [1.165, 1.54) is 24.3 Å². The summed E-state index contributed by atoms with van der Waals surface area (Å²) in [5.41, 5.74) is -0.255. The zero-order chi connectivity index (χ0) is 18.2. The number of benzene rings is 2. The first-order valence-corrected chi connectivity index (χ1v) is 5.13. The van der Waals surface area contributed by atoms with Crippen molar-refractivity contribution in [1.29, 1.82) is 0 Å². The molecule has 1 N–H and O–H groups in total. The van der Waals surface area contributed by atoms with Crippen LogP contribution < -0.4 is 10.1 Å². The van der Waals surface area contributed by atoms with Gasteiger partial charge in [0.2, 0.25) is 0 Å². The van der Waals surface area contributed by atoms with Crippen LogP contribution in [0.3, 0.4) is 0 Å². The Balaban J connectivity index is 2.32. The molecule has 2 aromatic carbocycles. The molecular weight excluding hydrogens is 234 g/mol. The summed E-state index contributed by atoms with van der Waals surface area (Å²) in [5.74, 6) is 0.113. The van der Waals surface area contributed by atoms with Crippen LogP contribution in [-0.4, -0.2) is 12.1 Å². The largest absolute Gasteiger partial charge is 0.560 e. The third-order valence-corrected chi connectivity index (χ3v) is 2.15. The van der Waals surface area contributed by atoms with Gasteiger partial charge in [-0.1, -0.05) is 41.4 Å². The predicted octanol–water partition coefficient (Wildman–Crippen LogP) is 2.41. The van der Waals surface area contributed by atoms with E-state index in [9.17, 15) is 5.02 Å². The summed E-state index contributed by atoms with van der Waals surface area (Å²) in [6.07, 6.45) is 0. The third-order valence-electron chi connectivity index (χ3n) is 1.96. The fourth-order valence-electron chi connectivity index (χ4n) is 1.15. The normalized spacial score (nSPS) is 16.7. The molecule has 0 radical (unpaired) electrons. The van der Waals surface area contributed by atoms with Crippen LogP contribution in [0.1, 0.15) is 15.2 Å². The fourth-order valence-corrected chi connectivity index (χ4v) is 1.25. The van der Waals surface area contributed by atoms with Crippen molar-refractivity contribution in [3.63, 3.8) is 0 Å². The van der Waals surface area contributed by atoms with Crippen LogP contribution in [0.5, 0.6) is 5.75 Å². The molecule has 0 unspecified atom stereocenters. The Bertz CT molecular complexity index is 735. The maximum atomic E-state index is 10.1. The van der Waals surface area contributed by atoms with Gasteiger partial charge in [-0.2, -0.15) is 0 Å². The summed E-state index contributed by atoms with van der Waals surface area (Å²) < 4.78 is 57.9. The first kappa shape index (κ1) is 5.94. The molecule has 2 nitrogen and oxygen atoms in total. The molecule has 86 valence electrons. The van der Waals surface area contributed by atoms with E-state index in [0.717, 1.165) is 0 Å². The van der Waals surface area contributed by atoms with Crippen molar-refractivity contribution in [2.45, 2.75) is 6.85 Å². The van der Waals surface area contributed by atoms with Gasteiger partial charge in [-0.15, -0.1) is 0 Å². The molecule has 0 aliphatic heterocycles. The van der Waals surface area contributed by atoms with Crippen molar-refractivity contribution >= 4 is 24.2 Å². The Morgan fingerprint density at radius 1 is 1.24 bits per heavy atom. The minimum atomic E-state index is -2.27. The second-order valence-electron chi connectivity index (χ2n) is 3.22. The topological polar surface area (TPSA) is 29.5 Å². The molecule has 0 aliphatic carbocycles. The van der Waals surface area contributed by atoms with E-state index in [2.05, 4.69) is 0 Å². The van der Waals surface area contributed by atoms with Crippen LogP contribution >= 0.6 is 11.6 Å². The van der Waals surface area contributed by atoms with Crippen LogP contribution in [-0.2, 0) is 0 Å². The summed E-state index contributed by atoms with van der Waals surface area (Å²) in [6, 6.07) is 3.31. The zero-order valence-corrected chi connectivity index (χ0v) is 9.38. The van der Waals surface area contributed by atoms with E-state index in [1.807, 2.05) is 0 Å². The molecule has 0 saturated carbocycles. The Kier molecular flexibility index (Phi) is 1.84. The van der Waals surface area contributed by atoms with Crippen LogP contribution in [0.25, 0.3) is 0 Å². The van der Waals surface area contributed by atoms with Crippen molar-refractivity contribution in [1.82, 2.24) is 0 Å². The minimum Gasteiger partial charge on any atom is -0.532 e. The molecule has 0 spiro atoms. The molecule has 0 bridgehead atoms. The standard InChI is InChI=1S/C13H12BClO2/c1-10-2-8-13(9-3-10)17-14(16)11-4-6-12(15)7-5-11/h2-9,16H,1H3/i1D3,4D,5D,6D,7D. The van der Waals surface area contributed by atoms with Gasteiger partial charge in [-0.3, -0.25) is 0 Å². The molecule has 2 aromatic rings. The maximum Gasteiger partial charge on any atom is 0.560 e. The van der Waals surface area contributed by atoms with Crippen LogP contribution in [0.2, 0.25) is 5.02 Å². The van der Waals surface area contributed by atoms with Crippen molar-refractivity contribution in [2.75, 3.05) is 0 Å². The molecule has 0 aliphatic rings. The van der Waals surface area contributed by atoms with E-state index in [1.54, 1.807) is 0 Å². The van der Waals surface area contributed by atoms with E-state index < -0.39 is 38.1 Å². The smallest absolute Gasteiger partial charge is 0.532 e. The van der Waals surface area contributed by atoms with Gasteiger partial charge >= 0.3 is 7.12 Å². The molecule has 0 atom stereocenters. The third kappa shape index (κ3) is 3.25. The highest BCUT2D eigenvalue weighted by Crippen LogP contribution is 2.12. The van der Waals surface area contributed by atoms with Crippen LogP contribution in [0.4, 0.5) is 0 Å². The average molecular weight is 254 g/mol. The second-order valence-corrected chi connectivity index (χ2v) is 3.60. The van der Waals surface area contributed by atoms with Gasteiger partial charge in [0.1, 0.15) is 5.75 Å². The van der Waals surface area contributed by atoms with Crippen molar-refractivity contribution in [3.8, 4) is 5.75 Å². The van der Waals surface area contributed by atoms with E-state index >= 15 is 0 Å². The van der Waals surface area contributed by atoms with Crippen molar-refractivity contribution in [2.24, 2.45) is 0 Å². The lowest BCUT2D eigenvalue weighted by Crippen LogP contribution is -2.36. The summed E-state index contributed by atoms with van der Waals surface area (Å²) in [4.78, 5) is 0. The lowest BCUT2D eigenvalue weighted by molar-refractivity contribution is 0.432. The Hall–Kier alpha value is -1.45. The van der Waals surface area contributed by atoms with Crippen molar-refractivity contribution in [3.05, 3.63) is 59.0 Å². The van der Waals surface area contributed by atoms with Crippen molar-refractivity contribution < 1.29 is 19.3 Å². The monoisotopic (exact) mass is 253 g/mol. The molecule has 2 rings (SSSR count). The molecule has 0 heterocycles. The summed E-state index contributed by atoms with van der Waals surface area (Å²) in [5, 5.41) is 9.78. The number of hydrogen-bond acceptors (Lipinski definition) is 2. The Morgan fingerprint density at radius 2 is 1.88 bits per heavy atom. The molecular formula is C13H12BClO2. The summed E-state index contributed by atoms with van der Waals surface area (Å²) in [6.45, 7) is -2.27. The quantitative estimate of drug-likeness (QED) is 0.851. The van der Waals surface area contributed by atoms with Crippen LogP contribution in [0, 0.1) is 6.85 Å². The lowest BCUT2D eigenvalue weighted by atomic mass is 9.79. The first-order chi connectivity index (χ1) is 11.0. The van der Waals surface area contributed by atoms with Gasteiger partial charge in [0.15, 0.2) is 0 Å². The van der Waals surface area contributed by atoms with E-state index in [4.69, 9.17) is 25.9 Å². The molecule has 4 heteroatoms. The average Bonchev–Trinajstić information content (AvgIpc) is 2.51. The van der Waals surface area contributed by atoms with Gasteiger partial charge in [-0.25, -0.2) is 0 Å². The minimum absolute atomic E-state index is 0.0973. The number of hydrogen-bond donors (Lipinski definition) is 1. The Morgan fingerprint density at radius 3 is 2.47 bits per heavy atom. The SMILES string of the molecule is [2H]c1c([2H])c(B(O)Oc2ccc(C([2H])([2H])[2H])cc2)c([2H])c([2H])c1Cl. The molecule has 0 amide bonds.